The van der Waals surface area contributed by atoms with Gasteiger partial charge in [-0.1, -0.05) is 34.6 Å². The molecule has 2 heteroatoms. The highest BCUT2D eigenvalue weighted by molar-refractivity contribution is 5.11. The van der Waals surface area contributed by atoms with Gasteiger partial charge in [0.2, 0.25) is 0 Å². The van der Waals surface area contributed by atoms with Gasteiger partial charge in [-0.2, -0.15) is 0 Å². The first kappa shape index (κ1) is 13.3. The Hall–Kier alpha value is -0.760. The van der Waals surface area contributed by atoms with Gasteiger partial charge in [0, 0.05) is 11.6 Å². The third-order valence-electron chi connectivity index (χ3n) is 3.46. The molecule has 2 nitrogen and oxygen atoms in total. The van der Waals surface area contributed by atoms with Gasteiger partial charge in [0.25, 0.3) is 0 Å². The average molecular weight is 223 g/mol. The van der Waals surface area contributed by atoms with Crippen molar-refractivity contribution in [2.24, 2.45) is 11.3 Å². The molecular weight excluding hydrogens is 198 g/mol. The molecule has 0 bridgehead atoms. The third-order valence-corrected chi connectivity index (χ3v) is 3.46. The molecule has 0 spiro atoms. The van der Waals surface area contributed by atoms with Crippen LogP contribution in [0.3, 0.4) is 0 Å². The Morgan fingerprint density at radius 1 is 1.38 bits per heavy atom. The molecule has 2 atom stereocenters. The van der Waals surface area contributed by atoms with Gasteiger partial charge in [-0.15, -0.1) is 0 Å². The lowest BCUT2D eigenvalue weighted by Gasteiger charge is -2.30. The lowest BCUT2D eigenvalue weighted by atomic mass is 9.78. The van der Waals surface area contributed by atoms with Crippen molar-refractivity contribution in [1.82, 2.24) is 5.32 Å². The second kappa shape index (κ2) is 5.53. The van der Waals surface area contributed by atoms with Crippen LogP contribution in [0.5, 0.6) is 0 Å². The van der Waals surface area contributed by atoms with Crippen LogP contribution in [0.1, 0.15) is 52.6 Å². The van der Waals surface area contributed by atoms with Gasteiger partial charge in [-0.25, -0.2) is 0 Å². The molecule has 1 aromatic heterocycles. The Balaban J connectivity index is 2.66. The number of furan rings is 1. The summed E-state index contributed by atoms with van der Waals surface area (Å²) in [6.07, 6.45) is 4.75. The van der Waals surface area contributed by atoms with Gasteiger partial charge in [-0.3, -0.25) is 0 Å². The number of hydrogen-bond donors (Lipinski definition) is 1. The molecule has 1 heterocycles. The van der Waals surface area contributed by atoms with E-state index in [2.05, 4.69) is 46.0 Å². The summed E-state index contributed by atoms with van der Waals surface area (Å²) in [6, 6.07) is 2.47. The molecule has 1 rings (SSSR count). The lowest BCUT2D eigenvalue weighted by molar-refractivity contribution is 0.223. The Morgan fingerprint density at radius 3 is 2.50 bits per heavy atom. The van der Waals surface area contributed by atoms with Crippen LogP contribution < -0.4 is 5.32 Å². The third kappa shape index (κ3) is 3.67. The van der Waals surface area contributed by atoms with E-state index in [4.69, 9.17) is 4.42 Å². The lowest BCUT2D eigenvalue weighted by Crippen LogP contribution is -2.27. The van der Waals surface area contributed by atoms with Crippen LogP contribution in [-0.2, 0) is 0 Å². The zero-order valence-electron chi connectivity index (χ0n) is 11.2. The SMILES string of the molecule is CCNC(CC(C)C(C)(C)C)c1ccoc1. The Bertz CT molecular complexity index is 284. The van der Waals surface area contributed by atoms with Crippen molar-refractivity contribution in [1.29, 1.82) is 0 Å². The zero-order chi connectivity index (χ0) is 12.2. The summed E-state index contributed by atoms with van der Waals surface area (Å²) in [7, 11) is 0. The van der Waals surface area contributed by atoms with E-state index in [0.29, 0.717) is 17.4 Å². The van der Waals surface area contributed by atoms with E-state index in [1.54, 1.807) is 6.26 Å². The first-order chi connectivity index (χ1) is 7.45. The van der Waals surface area contributed by atoms with E-state index in [-0.39, 0.29) is 0 Å². The molecule has 92 valence electrons. The molecule has 0 fully saturated rings. The first-order valence-electron chi connectivity index (χ1n) is 6.20. The molecule has 0 amide bonds. The molecule has 0 aliphatic heterocycles. The van der Waals surface area contributed by atoms with Gasteiger partial charge in [0.1, 0.15) is 0 Å². The molecule has 0 aromatic carbocycles. The van der Waals surface area contributed by atoms with Crippen LogP contribution in [-0.4, -0.2) is 6.54 Å². The van der Waals surface area contributed by atoms with E-state index < -0.39 is 0 Å². The number of hydrogen-bond acceptors (Lipinski definition) is 2. The van der Waals surface area contributed by atoms with Crippen molar-refractivity contribution in [2.75, 3.05) is 6.54 Å². The topological polar surface area (TPSA) is 25.2 Å². The van der Waals surface area contributed by atoms with Gasteiger partial charge in [0.05, 0.1) is 12.5 Å². The summed E-state index contributed by atoms with van der Waals surface area (Å²) in [6.45, 7) is 12.4. The van der Waals surface area contributed by atoms with E-state index >= 15 is 0 Å². The molecular formula is C14H25NO. The smallest absolute Gasteiger partial charge is 0.0950 e. The minimum Gasteiger partial charge on any atom is -0.472 e. The molecule has 0 radical (unpaired) electrons. The molecule has 0 saturated carbocycles. The van der Waals surface area contributed by atoms with Crippen LogP contribution in [0.2, 0.25) is 0 Å². The maximum Gasteiger partial charge on any atom is 0.0950 e. The summed E-state index contributed by atoms with van der Waals surface area (Å²) < 4.78 is 5.17. The fourth-order valence-corrected chi connectivity index (χ4v) is 1.76. The summed E-state index contributed by atoms with van der Waals surface area (Å²) in [4.78, 5) is 0. The minimum absolute atomic E-state index is 0.359. The summed E-state index contributed by atoms with van der Waals surface area (Å²) in [5.41, 5.74) is 1.62. The Kier molecular flexibility index (Phi) is 4.60. The van der Waals surface area contributed by atoms with Crippen molar-refractivity contribution >= 4 is 0 Å². The van der Waals surface area contributed by atoms with Gasteiger partial charge >= 0.3 is 0 Å². The summed E-state index contributed by atoms with van der Waals surface area (Å²) in [5.74, 6) is 0.673. The normalized spacial score (nSPS) is 16.1. The summed E-state index contributed by atoms with van der Waals surface area (Å²) >= 11 is 0. The van der Waals surface area contributed by atoms with Gasteiger partial charge in [-0.05, 0) is 30.4 Å². The van der Waals surface area contributed by atoms with Crippen LogP contribution in [0, 0.1) is 11.3 Å². The summed E-state index contributed by atoms with van der Waals surface area (Å²) in [5, 5.41) is 3.53. The van der Waals surface area contributed by atoms with E-state index in [1.807, 2.05) is 6.26 Å². The van der Waals surface area contributed by atoms with E-state index in [0.717, 1.165) is 13.0 Å². The molecule has 16 heavy (non-hydrogen) atoms. The highest BCUT2D eigenvalue weighted by Gasteiger charge is 2.24. The second-order valence-electron chi connectivity index (χ2n) is 5.67. The molecule has 0 saturated heterocycles. The Labute approximate surface area is 99.4 Å². The maximum atomic E-state index is 5.17. The second-order valence-corrected chi connectivity index (χ2v) is 5.67. The van der Waals surface area contributed by atoms with Crippen molar-refractivity contribution in [3.63, 3.8) is 0 Å². The Morgan fingerprint density at radius 2 is 2.06 bits per heavy atom. The van der Waals surface area contributed by atoms with Crippen molar-refractivity contribution in [3.8, 4) is 0 Å². The van der Waals surface area contributed by atoms with E-state index in [1.165, 1.54) is 5.56 Å². The molecule has 0 aliphatic rings. The van der Waals surface area contributed by atoms with Crippen molar-refractivity contribution in [3.05, 3.63) is 24.2 Å². The predicted molar refractivity (Wildman–Crippen MR) is 68.4 cm³/mol. The van der Waals surface area contributed by atoms with Crippen molar-refractivity contribution in [2.45, 2.75) is 47.1 Å². The highest BCUT2D eigenvalue weighted by atomic mass is 16.3. The minimum atomic E-state index is 0.359. The van der Waals surface area contributed by atoms with Crippen LogP contribution in [0.15, 0.2) is 23.0 Å². The van der Waals surface area contributed by atoms with Gasteiger partial charge < -0.3 is 9.73 Å². The highest BCUT2D eigenvalue weighted by Crippen LogP contribution is 2.33. The molecule has 1 aromatic rings. The molecule has 2 unspecified atom stereocenters. The fourth-order valence-electron chi connectivity index (χ4n) is 1.76. The van der Waals surface area contributed by atoms with Crippen LogP contribution in [0.25, 0.3) is 0 Å². The largest absolute Gasteiger partial charge is 0.472 e. The van der Waals surface area contributed by atoms with Crippen molar-refractivity contribution < 1.29 is 4.42 Å². The standard InChI is InChI=1S/C14H25NO/c1-6-15-13(12-7-8-16-10-12)9-11(2)14(3,4)5/h7-8,10-11,13,15H,6,9H2,1-5H3. The van der Waals surface area contributed by atoms with Crippen LogP contribution in [0.4, 0.5) is 0 Å². The molecule has 1 N–H and O–H groups in total. The first-order valence-corrected chi connectivity index (χ1v) is 6.20. The van der Waals surface area contributed by atoms with E-state index in [9.17, 15) is 0 Å². The van der Waals surface area contributed by atoms with Crippen LogP contribution >= 0.6 is 0 Å². The van der Waals surface area contributed by atoms with Gasteiger partial charge in [0.15, 0.2) is 0 Å². The number of nitrogens with one attached hydrogen (secondary N) is 1. The predicted octanol–water partition coefficient (Wildman–Crippen LogP) is 4.00. The maximum absolute atomic E-state index is 5.17. The monoisotopic (exact) mass is 223 g/mol. The quantitative estimate of drug-likeness (QED) is 0.816. The molecule has 0 aliphatic carbocycles. The number of rotatable bonds is 5. The average Bonchev–Trinajstić information content (AvgIpc) is 2.68. The fraction of sp³-hybridized carbons (Fsp3) is 0.714. The zero-order valence-corrected chi connectivity index (χ0v) is 11.2.